The average molecular weight is 289 g/mol. The lowest BCUT2D eigenvalue weighted by Crippen LogP contribution is -2.25. The predicted octanol–water partition coefficient (Wildman–Crippen LogP) is 3.22. The largest absolute Gasteiger partial charge is 0.388 e. The zero-order chi connectivity index (χ0) is 14.5. The number of amides is 1. The molecule has 2 N–H and O–H groups in total. The Bertz CT molecular complexity index is 577. The molecule has 1 atom stereocenters. The number of benzene rings is 1. The summed E-state index contributed by atoms with van der Waals surface area (Å²) in [5.41, 5.74) is 2.65. The van der Waals surface area contributed by atoms with Crippen molar-refractivity contribution >= 4 is 17.2 Å². The van der Waals surface area contributed by atoms with Gasteiger partial charge in [0, 0.05) is 16.8 Å². The van der Waals surface area contributed by atoms with E-state index in [1.807, 2.05) is 49.6 Å². The monoisotopic (exact) mass is 289 g/mol. The molecule has 0 aliphatic carbocycles. The summed E-state index contributed by atoms with van der Waals surface area (Å²) in [4.78, 5) is 13.2. The van der Waals surface area contributed by atoms with Gasteiger partial charge in [0.1, 0.15) is 0 Å². The summed E-state index contributed by atoms with van der Waals surface area (Å²) in [6.07, 6.45) is -0.0282. The van der Waals surface area contributed by atoms with Crippen molar-refractivity contribution in [1.82, 2.24) is 5.32 Å². The number of aliphatic hydroxyl groups is 1. The summed E-state index contributed by atoms with van der Waals surface area (Å²) in [5.74, 6) is -0.0629. The number of aliphatic hydroxyl groups excluding tert-OH is 1. The molecule has 1 aromatic carbocycles. The van der Waals surface area contributed by atoms with Crippen LogP contribution in [0.5, 0.6) is 0 Å². The lowest BCUT2D eigenvalue weighted by molar-refractivity contribution is 0.0942. The van der Waals surface area contributed by atoms with Gasteiger partial charge >= 0.3 is 0 Å². The second-order valence-electron chi connectivity index (χ2n) is 4.80. The highest BCUT2D eigenvalue weighted by Crippen LogP contribution is 2.20. The number of aryl methyl sites for hydroxylation is 1. The molecule has 0 fully saturated rings. The summed E-state index contributed by atoms with van der Waals surface area (Å²) < 4.78 is 0. The van der Waals surface area contributed by atoms with Crippen molar-refractivity contribution in [1.29, 1.82) is 0 Å². The van der Waals surface area contributed by atoms with Gasteiger partial charge < -0.3 is 10.4 Å². The molecule has 20 heavy (non-hydrogen) atoms. The van der Waals surface area contributed by atoms with Gasteiger partial charge in [-0.25, -0.2) is 0 Å². The van der Waals surface area contributed by atoms with Crippen LogP contribution in [0.4, 0.5) is 0 Å². The van der Waals surface area contributed by atoms with E-state index in [0.29, 0.717) is 13.0 Å². The molecule has 2 aromatic rings. The number of nitrogens with one attached hydrogen (secondary N) is 1. The van der Waals surface area contributed by atoms with E-state index >= 15 is 0 Å². The third-order valence-corrected chi connectivity index (χ3v) is 4.43. The molecular formula is C16H19NO2S. The molecular weight excluding hydrogens is 270 g/mol. The van der Waals surface area contributed by atoms with Crippen molar-refractivity contribution in [2.24, 2.45) is 0 Å². The molecule has 0 spiro atoms. The Balaban J connectivity index is 1.84. The maximum absolute atomic E-state index is 12.0. The van der Waals surface area contributed by atoms with E-state index in [9.17, 15) is 9.90 Å². The minimum absolute atomic E-state index is 0.0629. The highest BCUT2D eigenvalue weighted by Gasteiger charge is 2.13. The zero-order valence-electron chi connectivity index (χ0n) is 11.7. The van der Waals surface area contributed by atoms with Crippen molar-refractivity contribution in [3.05, 3.63) is 57.3 Å². The van der Waals surface area contributed by atoms with Crippen LogP contribution in [-0.2, 0) is 0 Å². The fourth-order valence-corrected chi connectivity index (χ4v) is 2.86. The molecule has 0 saturated carbocycles. The topological polar surface area (TPSA) is 49.3 Å². The molecule has 0 saturated heterocycles. The van der Waals surface area contributed by atoms with Gasteiger partial charge in [-0.15, -0.1) is 11.3 Å². The first-order valence-electron chi connectivity index (χ1n) is 6.65. The molecule has 0 aliphatic rings. The molecule has 3 nitrogen and oxygen atoms in total. The molecule has 2 rings (SSSR count). The van der Waals surface area contributed by atoms with E-state index in [0.717, 1.165) is 16.7 Å². The quantitative estimate of drug-likeness (QED) is 0.888. The third-order valence-electron chi connectivity index (χ3n) is 3.42. The van der Waals surface area contributed by atoms with Gasteiger partial charge in [0.05, 0.1) is 11.7 Å². The van der Waals surface area contributed by atoms with E-state index < -0.39 is 6.10 Å². The molecule has 1 aromatic heterocycles. The molecule has 0 unspecified atom stereocenters. The number of carbonyl (C=O) groups excluding carboxylic acids is 1. The van der Waals surface area contributed by atoms with E-state index in [4.69, 9.17) is 0 Å². The van der Waals surface area contributed by atoms with E-state index in [1.165, 1.54) is 4.88 Å². The highest BCUT2D eigenvalue weighted by atomic mass is 32.1. The zero-order valence-corrected chi connectivity index (χ0v) is 12.5. The minimum atomic E-state index is -0.540. The van der Waals surface area contributed by atoms with Crippen molar-refractivity contribution in [3.8, 4) is 0 Å². The fourth-order valence-electron chi connectivity index (χ4n) is 2.00. The van der Waals surface area contributed by atoms with Crippen molar-refractivity contribution < 1.29 is 9.90 Å². The normalized spacial score (nSPS) is 12.2. The number of carbonyl (C=O) groups is 1. The molecule has 0 radical (unpaired) electrons. The van der Waals surface area contributed by atoms with E-state index in [-0.39, 0.29) is 5.91 Å². The van der Waals surface area contributed by atoms with E-state index in [2.05, 4.69) is 5.32 Å². The fraction of sp³-hybridized carbons (Fsp3) is 0.312. The molecule has 1 heterocycles. The van der Waals surface area contributed by atoms with Crippen LogP contribution in [0.15, 0.2) is 35.7 Å². The van der Waals surface area contributed by atoms with Crippen LogP contribution in [0.2, 0.25) is 0 Å². The van der Waals surface area contributed by atoms with Crippen LogP contribution >= 0.6 is 11.3 Å². The molecule has 4 heteroatoms. The van der Waals surface area contributed by atoms with Gasteiger partial charge in [-0.2, -0.15) is 0 Å². The number of hydrogen-bond donors (Lipinski definition) is 2. The smallest absolute Gasteiger partial charge is 0.252 e. The van der Waals surface area contributed by atoms with Gasteiger partial charge in [-0.05, 0) is 31.4 Å². The van der Waals surface area contributed by atoms with Crippen LogP contribution in [0.3, 0.4) is 0 Å². The Hall–Kier alpha value is -1.65. The molecule has 106 valence electrons. The summed E-state index contributed by atoms with van der Waals surface area (Å²) in [6.45, 7) is 4.43. The van der Waals surface area contributed by atoms with Crippen LogP contribution in [0, 0.1) is 13.8 Å². The van der Waals surface area contributed by atoms with Gasteiger partial charge in [-0.1, -0.05) is 30.3 Å². The Morgan fingerprint density at radius 3 is 2.60 bits per heavy atom. The van der Waals surface area contributed by atoms with Crippen molar-refractivity contribution in [3.63, 3.8) is 0 Å². The highest BCUT2D eigenvalue weighted by molar-refractivity contribution is 7.10. The second-order valence-corrected chi connectivity index (χ2v) is 5.89. The first-order valence-corrected chi connectivity index (χ1v) is 7.53. The third kappa shape index (κ3) is 3.46. The first kappa shape index (κ1) is 14.8. The standard InChI is InChI=1S/C16H19NO2S/c1-11-12(2)20-10-14(11)16(19)17-9-8-15(18)13-6-4-3-5-7-13/h3-7,10,15,18H,8-9H2,1-2H3,(H,17,19)/t15-/m1/s1. The number of rotatable bonds is 5. The molecule has 0 aliphatic heterocycles. The maximum Gasteiger partial charge on any atom is 0.252 e. The summed E-state index contributed by atoms with van der Waals surface area (Å²) >= 11 is 1.59. The Labute approximate surface area is 123 Å². The van der Waals surface area contributed by atoms with Gasteiger partial charge in [-0.3, -0.25) is 4.79 Å². The maximum atomic E-state index is 12.0. The summed E-state index contributed by atoms with van der Waals surface area (Å²) in [5, 5.41) is 14.8. The number of thiophene rings is 1. The van der Waals surface area contributed by atoms with Gasteiger partial charge in [0.15, 0.2) is 0 Å². The minimum Gasteiger partial charge on any atom is -0.388 e. The SMILES string of the molecule is Cc1scc(C(=O)NCC[C@@H](O)c2ccccc2)c1C. The lowest BCUT2D eigenvalue weighted by Gasteiger charge is -2.11. The van der Waals surface area contributed by atoms with Gasteiger partial charge in [0.25, 0.3) is 5.91 Å². The number of hydrogen-bond acceptors (Lipinski definition) is 3. The Morgan fingerprint density at radius 2 is 2.00 bits per heavy atom. The predicted molar refractivity (Wildman–Crippen MR) is 82.1 cm³/mol. The Morgan fingerprint density at radius 1 is 1.30 bits per heavy atom. The van der Waals surface area contributed by atoms with E-state index in [1.54, 1.807) is 11.3 Å². The van der Waals surface area contributed by atoms with Crippen LogP contribution in [0.25, 0.3) is 0 Å². The molecule has 0 bridgehead atoms. The van der Waals surface area contributed by atoms with Crippen molar-refractivity contribution in [2.75, 3.05) is 6.54 Å². The van der Waals surface area contributed by atoms with Crippen LogP contribution in [-0.4, -0.2) is 17.6 Å². The second kappa shape index (κ2) is 6.68. The Kier molecular flexibility index (Phi) is 4.93. The van der Waals surface area contributed by atoms with Crippen molar-refractivity contribution in [2.45, 2.75) is 26.4 Å². The summed E-state index contributed by atoms with van der Waals surface area (Å²) in [6, 6.07) is 9.49. The first-order chi connectivity index (χ1) is 9.59. The molecule has 1 amide bonds. The summed E-state index contributed by atoms with van der Waals surface area (Å²) in [7, 11) is 0. The van der Waals surface area contributed by atoms with Crippen LogP contribution < -0.4 is 5.32 Å². The van der Waals surface area contributed by atoms with Crippen LogP contribution in [0.1, 0.15) is 38.9 Å². The lowest BCUT2D eigenvalue weighted by atomic mass is 10.1. The average Bonchev–Trinajstić information content (AvgIpc) is 2.80. The van der Waals surface area contributed by atoms with Gasteiger partial charge in [0.2, 0.25) is 0 Å².